The molecule has 1 heterocycles. The molecule has 10 aromatic rings. The minimum absolute atomic E-state index is 1.15. The van der Waals surface area contributed by atoms with Gasteiger partial charge in [-0.25, -0.2) is 0 Å². The van der Waals surface area contributed by atoms with E-state index in [2.05, 4.69) is 193 Å². The lowest BCUT2D eigenvalue weighted by atomic mass is 9.94. The molecule has 1 heteroatoms. The predicted octanol–water partition coefficient (Wildman–Crippen LogP) is 13.2. The van der Waals surface area contributed by atoms with E-state index in [0.29, 0.717) is 0 Å². The molecule has 0 aliphatic rings. The Morgan fingerprint density at radius 3 is 1.29 bits per heavy atom. The zero-order valence-electron chi connectivity index (χ0n) is 26.8. The highest BCUT2D eigenvalue weighted by Gasteiger charge is 2.15. The maximum absolute atomic E-state index is 2.41. The fraction of sp³-hybridized carbons (Fsp3) is 0. The molecule has 1 nitrogen and oxygen atoms in total. The van der Waals surface area contributed by atoms with Crippen LogP contribution in [0.15, 0.2) is 188 Å². The van der Waals surface area contributed by atoms with Crippen molar-refractivity contribution in [3.05, 3.63) is 188 Å². The monoisotopic (exact) mass is 621 g/mol. The number of aromatic nitrogens is 1. The Morgan fingerprint density at radius 2 is 0.673 bits per heavy atom. The second-order valence-corrected chi connectivity index (χ2v) is 13.0. The highest BCUT2D eigenvalue weighted by Crippen LogP contribution is 2.38. The first-order valence-corrected chi connectivity index (χ1v) is 16.9. The van der Waals surface area contributed by atoms with Gasteiger partial charge in [-0.2, -0.15) is 0 Å². The molecule has 0 aliphatic carbocycles. The van der Waals surface area contributed by atoms with E-state index < -0.39 is 0 Å². The normalized spacial score (nSPS) is 11.7. The van der Waals surface area contributed by atoms with Crippen LogP contribution >= 0.6 is 0 Å². The van der Waals surface area contributed by atoms with Crippen LogP contribution in [-0.4, -0.2) is 4.57 Å². The van der Waals surface area contributed by atoms with Crippen molar-refractivity contribution in [2.45, 2.75) is 0 Å². The molecule has 0 saturated heterocycles. The number of hydrogen-bond acceptors (Lipinski definition) is 0. The molecule has 0 unspecified atom stereocenters. The van der Waals surface area contributed by atoms with E-state index in [1.807, 2.05) is 0 Å². The molecular formula is C48H31N. The summed E-state index contributed by atoms with van der Waals surface area (Å²) in [5, 5.41) is 10.2. The first kappa shape index (κ1) is 27.7. The maximum atomic E-state index is 2.41. The zero-order chi connectivity index (χ0) is 32.3. The van der Waals surface area contributed by atoms with Crippen molar-refractivity contribution in [1.29, 1.82) is 0 Å². The largest absolute Gasteiger partial charge is 0.309 e. The van der Waals surface area contributed by atoms with Crippen LogP contribution in [0.4, 0.5) is 0 Å². The summed E-state index contributed by atoms with van der Waals surface area (Å²) in [5.74, 6) is 0. The van der Waals surface area contributed by atoms with Crippen molar-refractivity contribution in [3.63, 3.8) is 0 Å². The molecule has 1 aromatic heterocycles. The summed E-state index contributed by atoms with van der Waals surface area (Å²) in [6, 6.07) is 68.8. The Morgan fingerprint density at radius 1 is 0.245 bits per heavy atom. The molecule has 0 N–H and O–H groups in total. The van der Waals surface area contributed by atoms with Gasteiger partial charge in [0.1, 0.15) is 0 Å². The second-order valence-electron chi connectivity index (χ2n) is 13.0. The van der Waals surface area contributed by atoms with Crippen molar-refractivity contribution < 1.29 is 0 Å². The van der Waals surface area contributed by atoms with Gasteiger partial charge in [0.2, 0.25) is 0 Å². The fourth-order valence-electron chi connectivity index (χ4n) is 7.72. The summed E-state index contributed by atoms with van der Waals surface area (Å²) in [6.07, 6.45) is 0. The van der Waals surface area contributed by atoms with Gasteiger partial charge in [-0.15, -0.1) is 0 Å². The van der Waals surface area contributed by atoms with Gasteiger partial charge >= 0.3 is 0 Å². The van der Waals surface area contributed by atoms with Gasteiger partial charge in [-0.3, -0.25) is 0 Å². The Labute approximate surface area is 284 Å². The Bertz CT molecular complexity index is 2750. The van der Waals surface area contributed by atoms with Crippen molar-refractivity contribution in [3.8, 4) is 39.1 Å². The van der Waals surface area contributed by atoms with Gasteiger partial charge in [0, 0.05) is 16.5 Å². The summed E-state index contributed by atoms with van der Waals surface area (Å²) in [5.41, 5.74) is 10.9. The molecule has 0 fully saturated rings. The quantitative estimate of drug-likeness (QED) is 0.172. The van der Waals surface area contributed by atoms with Crippen LogP contribution in [0.25, 0.3) is 93.2 Å². The van der Waals surface area contributed by atoms with Crippen molar-refractivity contribution >= 4 is 54.1 Å². The first-order chi connectivity index (χ1) is 24.3. The van der Waals surface area contributed by atoms with E-state index in [4.69, 9.17) is 0 Å². The van der Waals surface area contributed by atoms with E-state index >= 15 is 0 Å². The molecule has 49 heavy (non-hydrogen) atoms. The van der Waals surface area contributed by atoms with Crippen molar-refractivity contribution in [2.24, 2.45) is 0 Å². The van der Waals surface area contributed by atoms with E-state index in [1.54, 1.807) is 0 Å². The number of rotatable bonds is 4. The van der Waals surface area contributed by atoms with Crippen LogP contribution < -0.4 is 0 Å². The number of nitrogens with zero attached hydrogens (tertiary/aromatic N) is 1. The third-order valence-electron chi connectivity index (χ3n) is 10.2. The van der Waals surface area contributed by atoms with Crippen molar-refractivity contribution in [2.75, 3.05) is 0 Å². The molecule has 0 radical (unpaired) electrons. The minimum atomic E-state index is 1.15. The van der Waals surface area contributed by atoms with Crippen LogP contribution in [0.1, 0.15) is 0 Å². The van der Waals surface area contributed by atoms with Gasteiger partial charge < -0.3 is 4.57 Å². The second kappa shape index (κ2) is 11.1. The third kappa shape index (κ3) is 4.55. The molecule has 0 aliphatic heterocycles. The zero-order valence-corrected chi connectivity index (χ0v) is 26.8. The fourth-order valence-corrected chi connectivity index (χ4v) is 7.72. The lowest BCUT2D eigenvalue weighted by Crippen LogP contribution is -1.94. The number of fused-ring (bicyclic) bond motifs is 8. The van der Waals surface area contributed by atoms with Gasteiger partial charge in [0.25, 0.3) is 0 Å². The summed E-state index contributed by atoms with van der Waals surface area (Å²) in [7, 11) is 0. The Balaban J connectivity index is 1.11. The molecule has 0 spiro atoms. The maximum Gasteiger partial charge on any atom is 0.0541 e. The topological polar surface area (TPSA) is 4.93 Å². The van der Waals surface area contributed by atoms with Crippen LogP contribution in [0.5, 0.6) is 0 Å². The molecule has 0 atom stereocenters. The lowest BCUT2D eigenvalue weighted by Gasteiger charge is -2.12. The highest BCUT2D eigenvalue weighted by molar-refractivity contribution is 6.18. The smallest absolute Gasteiger partial charge is 0.0541 e. The van der Waals surface area contributed by atoms with Crippen LogP contribution in [0.2, 0.25) is 0 Å². The summed E-state index contributed by atoms with van der Waals surface area (Å²) < 4.78 is 2.41. The SMILES string of the molecule is c1ccc(-c2ccc3c(c2)c2cc(-c4ccccc4)ccc2n3-c2ccc(-c3ccc4ccc5c6ccccc6ccc5c4c3)cc2)cc1. The van der Waals surface area contributed by atoms with Gasteiger partial charge in [0.05, 0.1) is 11.0 Å². The minimum Gasteiger partial charge on any atom is -0.309 e. The standard InChI is InChI=1S/C48H31N/c1-3-9-32(10-4-1)38-21-27-47-45(30-38)46-31-39(33-11-5-2-6-12-33)22-28-48(46)49(47)40-23-17-34(18-24-40)37-16-15-36-20-25-42-41-14-8-7-13-35(41)19-26-43(42)44(36)29-37/h1-31H. The van der Waals surface area contributed by atoms with E-state index in [-0.39, 0.29) is 0 Å². The highest BCUT2D eigenvalue weighted by atomic mass is 15.0. The first-order valence-electron chi connectivity index (χ1n) is 16.9. The Kier molecular flexibility index (Phi) is 6.25. The van der Waals surface area contributed by atoms with Crippen LogP contribution in [0.3, 0.4) is 0 Å². The van der Waals surface area contributed by atoms with E-state index in [0.717, 1.165) is 5.69 Å². The van der Waals surface area contributed by atoms with E-state index in [9.17, 15) is 0 Å². The third-order valence-corrected chi connectivity index (χ3v) is 10.2. The summed E-state index contributed by atoms with van der Waals surface area (Å²) in [4.78, 5) is 0. The molecule has 10 rings (SSSR count). The lowest BCUT2D eigenvalue weighted by molar-refractivity contribution is 1.18. The van der Waals surface area contributed by atoms with Crippen molar-refractivity contribution in [1.82, 2.24) is 4.57 Å². The summed E-state index contributed by atoms with van der Waals surface area (Å²) in [6.45, 7) is 0. The molecule has 228 valence electrons. The van der Waals surface area contributed by atoms with E-state index in [1.165, 1.54) is 87.5 Å². The summed E-state index contributed by atoms with van der Waals surface area (Å²) >= 11 is 0. The number of hydrogen-bond donors (Lipinski definition) is 0. The molecule has 9 aromatic carbocycles. The van der Waals surface area contributed by atoms with Gasteiger partial charge in [0.15, 0.2) is 0 Å². The van der Waals surface area contributed by atoms with Gasteiger partial charge in [-0.1, -0.05) is 146 Å². The van der Waals surface area contributed by atoms with Crippen LogP contribution in [0, 0.1) is 0 Å². The predicted molar refractivity (Wildman–Crippen MR) is 210 cm³/mol. The van der Waals surface area contributed by atoms with Crippen LogP contribution in [-0.2, 0) is 0 Å². The average molecular weight is 622 g/mol. The number of benzene rings is 9. The van der Waals surface area contributed by atoms with Gasteiger partial charge in [-0.05, 0) is 108 Å². The molecule has 0 saturated carbocycles. The molecule has 0 amide bonds. The average Bonchev–Trinajstić information content (AvgIpc) is 3.51. The Hall–Kier alpha value is -6.44. The molecular weight excluding hydrogens is 591 g/mol. The molecule has 0 bridgehead atoms.